The Kier molecular flexibility index (Phi) is 4.63. The van der Waals surface area contributed by atoms with Crippen LogP contribution in [0.15, 0.2) is 11.6 Å². The second-order valence-electron chi connectivity index (χ2n) is 6.34. The van der Waals surface area contributed by atoms with Crippen LogP contribution in [-0.2, 0) is 14.3 Å². The van der Waals surface area contributed by atoms with Crippen LogP contribution in [0.2, 0.25) is 0 Å². The van der Waals surface area contributed by atoms with Crippen molar-refractivity contribution >= 4 is 23.5 Å². The highest BCUT2D eigenvalue weighted by Gasteiger charge is 2.53. The largest absolute Gasteiger partial charge is 0.478 e. The van der Waals surface area contributed by atoms with Gasteiger partial charge in [0.1, 0.15) is 6.61 Å². The van der Waals surface area contributed by atoms with Crippen LogP contribution < -0.4 is 0 Å². The molecule has 1 aliphatic heterocycles. The minimum atomic E-state index is -1.33. The van der Waals surface area contributed by atoms with Gasteiger partial charge in [0.25, 0.3) is 0 Å². The fraction of sp³-hybridized carbons (Fsp3) is 0.733. The summed E-state index contributed by atoms with van der Waals surface area (Å²) >= 11 is 5.89. The number of fused-ring (bicyclic) bond motifs is 1. The van der Waals surface area contributed by atoms with Crippen LogP contribution in [0.3, 0.4) is 0 Å². The topological polar surface area (TPSA) is 83.8 Å². The molecule has 0 bridgehead atoms. The standard InChI is InChI=1S/C15H21ClO5/c1-8(2)10-3-4-15(20,7-16)12-11(10)5-9(13(17)18)6-21-14(12)19/h5,8,10-12,20H,3-4,6-7H2,1-2H3,(H,17,18)/t10-,11-,12-,15-/m1/s1. The number of aliphatic hydroxyl groups is 1. The highest BCUT2D eigenvalue weighted by atomic mass is 35.5. The number of ether oxygens (including phenoxy) is 1. The zero-order valence-electron chi connectivity index (χ0n) is 12.2. The van der Waals surface area contributed by atoms with Gasteiger partial charge in [-0.3, -0.25) is 4.79 Å². The maximum atomic E-state index is 12.3. The number of allylic oxidation sites excluding steroid dienone is 1. The summed E-state index contributed by atoms with van der Waals surface area (Å²) < 4.78 is 5.06. The van der Waals surface area contributed by atoms with Gasteiger partial charge in [-0.15, -0.1) is 11.6 Å². The van der Waals surface area contributed by atoms with Crippen molar-refractivity contribution in [1.29, 1.82) is 0 Å². The van der Waals surface area contributed by atoms with Crippen LogP contribution in [0.25, 0.3) is 0 Å². The van der Waals surface area contributed by atoms with Crippen molar-refractivity contribution in [2.24, 2.45) is 23.7 Å². The number of carbonyl (C=O) groups is 2. The maximum absolute atomic E-state index is 12.3. The van der Waals surface area contributed by atoms with Crippen LogP contribution in [-0.4, -0.2) is 40.2 Å². The monoisotopic (exact) mass is 316 g/mol. The molecule has 118 valence electrons. The Labute approximate surface area is 128 Å². The second-order valence-corrected chi connectivity index (χ2v) is 6.61. The van der Waals surface area contributed by atoms with E-state index < -0.39 is 23.5 Å². The van der Waals surface area contributed by atoms with E-state index in [9.17, 15) is 19.8 Å². The normalized spacial score (nSPS) is 36.5. The molecule has 1 heterocycles. The molecule has 6 heteroatoms. The van der Waals surface area contributed by atoms with Crippen molar-refractivity contribution in [2.75, 3.05) is 12.5 Å². The van der Waals surface area contributed by atoms with Crippen molar-refractivity contribution in [3.8, 4) is 0 Å². The van der Waals surface area contributed by atoms with Crippen molar-refractivity contribution < 1.29 is 24.5 Å². The van der Waals surface area contributed by atoms with E-state index in [1.54, 1.807) is 6.08 Å². The maximum Gasteiger partial charge on any atom is 0.334 e. The molecule has 0 aromatic heterocycles. The van der Waals surface area contributed by atoms with E-state index in [-0.39, 0.29) is 35.8 Å². The van der Waals surface area contributed by atoms with Crippen molar-refractivity contribution in [3.05, 3.63) is 11.6 Å². The Bertz CT molecular complexity index is 473. The van der Waals surface area contributed by atoms with Gasteiger partial charge in [0.2, 0.25) is 0 Å². The number of carbonyl (C=O) groups excluding carboxylic acids is 1. The highest BCUT2D eigenvalue weighted by Crippen LogP contribution is 2.47. The molecule has 0 saturated heterocycles. The average molecular weight is 317 g/mol. The lowest BCUT2D eigenvalue weighted by molar-refractivity contribution is -0.165. The molecule has 4 atom stereocenters. The fourth-order valence-electron chi connectivity index (χ4n) is 3.55. The molecule has 1 fully saturated rings. The predicted octanol–water partition coefficient (Wildman–Crippen LogP) is 1.82. The van der Waals surface area contributed by atoms with Crippen LogP contribution in [0.1, 0.15) is 26.7 Å². The van der Waals surface area contributed by atoms with E-state index in [4.69, 9.17) is 16.3 Å². The van der Waals surface area contributed by atoms with E-state index in [0.717, 1.165) is 0 Å². The molecule has 0 unspecified atom stereocenters. The second kappa shape index (κ2) is 5.97. The van der Waals surface area contributed by atoms with Crippen LogP contribution >= 0.6 is 11.6 Å². The van der Waals surface area contributed by atoms with Gasteiger partial charge in [-0.05, 0) is 30.6 Å². The Morgan fingerprint density at radius 2 is 2.24 bits per heavy atom. The number of halogens is 1. The quantitative estimate of drug-likeness (QED) is 0.613. The number of alkyl halides is 1. The van der Waals surface area contributed by atoms with Crippen LogP contribution in [0.5, 0.6) is 0 Å². The molecule has 2 rings (SSSR count). The van der Waals surface area contributed by atoms with Gasteiger partial charge in [0.15, 0.2) is 0 Å². The molecule has 1 saturated carbocycles. The SMILES string of the molecule is CC(C)[C@H]1CC[C@@](O)(CCl)[C@H]2C(=O)OCC(C(=O)O)=C[C@H]12. The summed E-state index contributed by atoms with van der Waals surface area (Å²) in [6.07, 6.45) is 2.73. The van der Waals surface area contributed by atoms with E-state index in [2.05, 4.69) is 0 Å². The van der Waals surface area contributed by atoms with E-state index >= 15 is 0 Å². The van der Waals surface area contributed by atoms with Gasteiger partial charge in [-0.1, -0.05) is 19.9 Å². The predicted molar refractivity (Wildman–Crippen MR) is 76.9 cm³/mol. The molecule has 0 radical (unpaired) electrons. The fourth-order valence-corrected chi connectivity index (χ4v) is 3.85. The van der Waals surface area contributed by atoms with Crippen molar-refractivity contribution in [1.82, 2.24) is 0 Å². The molecule has 2 aliphatic rings. The number of rotatable bonds is 3. The van der Waals surface area contributed by atoms with Crippen molar-refractivity contribution in [2.45, 2.75) is 32.3 Å². The first-order valence-corrected chi connectivity index (χ1v) is 7.72. The Hall–Kier alpha value is -1.07. The number of esters is 1. The first-order chi connectivity index (χ1) is 9.80. The van der Waals surface area contributed by atoms with Gasteiger partial charge in [-0.25, -0.2) is 4.79 Å². The summed E-state index contributed by atoms with van der Waals surface area (Å²) in [5.74, 6) is -2.47. The molecular formula is C15H21ClO5. The first kappa shape index (κ1) is 16.3. The number of carboxylic acid groups (broad SMARTS) is 1. The molecule has 0 amide bonds. The molecule has 1 aliphatic carbocycles. The number of hydrogen-bond donors (Lipinski definition) is 2. The lowest BCUT2D eigenvalue weighted by Crippen LogP contribution is -2.53. The summed E-state index contributed by atoms with van der Waals surface area (Å²) in [6, 6.07) is 0. The number of cyclic esters (lactones) is 1. The molecule has 21 heavy (non-hydrogen) atoms. The minimum Gasteiger partial charge on any atom is -0.478 e. The summed E-state index contributed by atoms with van der Waals surface area (Å²) in [7, 11) is 0. The molecule has 0 aromatic rings. The van der Waals surface area contributed by atoms with E-state index in [1.807, 2.05) is 13.8 Å². The molecule has 2 N–H and O–H groups in total. The molecule has 0 aromatic carbocycles. The number of hydrogen-bond acceptors (Lipinski definition) is 4. The molecule has 5 nitrogen and oxygen atoms in total. The summed E-state index contributed by atoms with van der Waals surface area (Å²) in [4.78, 5) is 23.5. The van der Waals surface area contributed by atoms with Crippen molar-refractivity contribution in [3.63, 3.8) is 0 Å². The minimum absolute atomic E-state index is 0.0652. The molecule has 0 spiro atoms. The smallest absolute Gasteiger partial charge is 0.334 e. The van der Waals surface area contributed by atoms with Gasteiger partial charge in [-0.2, -0.15) is 0 Å². The first-order valence-electron chi connectivity index (χ1n) is 7.19. The zero-order valence-corrected chi connectivity index (χ0v) is 13.0. The van der Waals surface area contributed by atoms with E-state index in [0.29, 0.717) is 12.8 Å². The number of carboxylic acids is 1. The summed E-state index contributed by atoms with van der Waals surface area (Å²) in [5.41, 5.74) is -1.26. The number of aliphatic carboxylic acids is 1. The Balaban J connectivity index is 2.48. The van der Waals surface area contributed by atoms with Crippen LogP contribution in [0.4, 0.5) is 0 Å². The zero-order chi connectivity index (χ0) is 15.8. The van der Waals surface area contributed by atoms with Gasteiger partial charge in [0, 0.05) is 0 Å². The Morgan fingerprint density at radius 3 is 2.76 bits per heavy atom. The van der Waals surface area contributed by atoms with E-state index in [1.165, 1.54) is 0 Å². The summed E-state index contributed by atoms with van der Waals surface area (Å²) in [6.45, 7) is 3.82. The summed E-state index contributed by atoms with van der Waals surface area (Å²) in [5, 5.41) is 19.9. The molecular weight excluding hydrogens is 296 g/mol. The Morgan fingerprint density at radius 1 is 1.57 bits per heavy atom. The third-order valence-corrected chi connectivity index (χ3v) is 5.21. The van der Waals surface area contributed by atoms with Gasteiger partial charge < -0.3 is 14.9 Å². The lowest BCUT2D eigenvalue weighted by atomic mass is 9.61. The van der Waals surface area contributed by atoms with Gasteiger partial charge in [0.05, 0.1) is 23.0 Å². The third kappa shape index (κ3) is 2.94. The van der Waals surface area contributed by atoms with Gasteiger partial charge >= 0.3 is 11.9 Å². The highest BCUT2D eigenvalue weighted by molar-refractivity contribution is 6.18. The lowest BCUT2D eigenvalue weighted by Gasteiger charge is -2.46. The average Bonchev–Trinajstić information content (AvgIpc) is 2.59. The van der Waals surface area contributed by atoms with Crippen LogP contribution in [0, 0.1) is 23.7 Å². The third-order valence-electron chi connectivity index (χ3n) is 4.75.